The zero-order chi connectivity index (χ0) is 31.4. The molecule has 0 spiro atoms. The SMILES string of the molecule is CCCC1=C(C(=O)OCC)[C@H](c2cc(Br)ccc2OC)n2c(s/c(=C/c3cccc(OCc4ccc(Cl)c(Cl)c4)c3)c2=O)=N1. The number of nitrogens with zero attached hydrogens (tertiary/aromatic N) is 2. The molecule has 0 unspecified atom stereocenters. The van der Waals surface area contributed by atoms with Gasteiger partial charge in [0, 0.05) is 10.0 Å². The lowest BCUT2D eigenvalue weighted by Crippen LogP contribution is -2.40. The van der Waals surface area contributed by atoms with Crippen molar-refractivity contribution in [1.29, 1.82) is 0 Å². The molecule has 44 heavy (non-hydrogen) atoms. The monoisotopic (exact) mass is 714 g/mol. The number of methoxy groups -OCH3 is 1. The highest BCUT2D eigenvalue weighted by atomic mass is 79.9. The molecule has 1 aliphatic heterocycles. The number of rotatable bonds is 10. The maximum atomic E-state index is 14.1. The molecule has 4 aromatic rings. The van der Waals surface area contributed by atoms with Crippen LogP contribution in [-0.2, 0) is 16.1 Å². The van der Waals surface area contributed by atoms with E-state index >= 15 is 0 Å². The molecule has 1 aliphatic rings. The third-order valence-corrected chi connectivity index (χ3v) is 9.14. The van der Waals surface area contributed by atoms with Gasteiger partial charge in [-0.3, -0.25) is 9.36 Å². The number of carbonyl (C=O) groups is 1. The van der Waals surface area contributed by atoms with Crippen molar-refractivity contribution in [3.05, 3.63) is 123 Å². The molecule has 0 amide bonds. The zero-order valence-corrected chi connectivity index (χ0v) is 28.1. The van der Waals surface area contributed by atoms with Crippen LogP contribution in [0.25, 0.3) is 6.08 Å². The smallest absolute Gasteiger partial charge is 0.338 e. The van der Waals surface area contributed by atoms with E-state index in [-0.39, 0.29) is 12.2 Å². The molecule has 3 aromatic carbocycles. The number of hydrogen-bond donors (Lipinski definition) is 0. The number of fused-ring (bicyclic) bond motifs is 1. The Balaban J connectivity index is 1.61. The van der Waals surface area contributed by atoms with Crippen LogP contribution in [0.2, 0.25) is 10.0 Å². The number of hydrogen-bond acceptors (Lipinski definition) is 7. The Hall–Kier alpha value is -3.37. The second-order valence-corrected chi connectivity index (χ2v) is 12.6. The number of aromatic nitrogens is 1. The van der Waals surface area contributed by atoms with E-state index in [1.54, 1.807) is 42.9 Å². The van der Waals surface area contributed by atoms with Crippen LogP contribution in [0.5, 0.6) is 11.5 Å². The number of allylic oxidation sites excluding steroid dienone is 1. The first-order valence-corrected chi connectivity index (χ1v) is 16.3. The van der Waals surface area contributed by atoms with Crippen LogP contribution in [-0.4, -0.2) is 24.3 Å². The van der Waals surface area contributed by atoms with Gasteiger partial charge in [0.1, 0.15) is 24.1 Å². The van der Waals surface area contributed by atoms with Crippen molar-refractivity contribution in [3.8, 4) is 11.5 Å². The average Bonchev–Trinajstić information content (AvgIpc) is 3.31. The molecule has 0 saturated carbocycles. The number of esters is 1. The molecule has 0 aliphatic carbocycles. The second kappa shape index (κ2) is 14.2. The van der Waals surface area contributed by atoms with E-state index < -0.39 is 12.0 Å². The third-order valence-electron chi connectivity index (χ3n) is 6.92. The second-order valence-electron chi connectivity index (χ2n) is 9.91. The third kappa shape index (κ3) is 6.81. The van der Waals surface area contributed by atoms with E-state index in [2.05, 4.69) is 15.9 Å². The van der Waals surface area contributed by atoms with Gasteiger partial charge in [-0.1, -0.05) is 82.0 Å². The first kappa shape index (κ1) is 32.0. The van der Waals surface area contributed by atoms with Crippen LogP contribution in [0.1, 0.15) is 49.4 Å². The van der Waals surface area contributed by atoms with E-state index in [9.17, 15) is 9.59 Å². The predicted octanol–water partition coefficient (Wildman–Crippen LogP) is 7.24. The number of ether oxygens (including phenoxy) is 3. The summed E-state index contributed by atoms with van der Waals surface area (Å²) in [4.78, 5) is 32.9. The van der Waals surface area contributed by atoms with Crippen LogP contribution < -0.4 is 24.4 Å². The molecule has 5 rings (SSSR count). The molecule has 11 heteroatoms. The summed E-state index contributed by atoms with van der Waals surface area (Å²) in [7, 11) is 1.56. The Morgan fingerprint density at radius 1 is 1.09 bits per heavy atom. The van der Waals surface area contributed by atoms with E-state index in [1.807, 2.05) is 49.4 Å². The summed E-state index contributed by atoms with van der Waals surface area (Å²) >= 11 is 17.0. The normalized spacial score (nSPS) is 14.7. The summed E-state index contributed by atoms with van der Waals surface area (Å²) in [5, 5.41) is 0.944. The molecular formula is C33H29BrCl2N2O5S. The van der Waals surface area contributed by atoms with Crippen molar-refractivity contribution in [2.24, 2.45) is 4.99 Å². The number of carbonyl (C=O) groups excluding carboxylic acids is 1. The van der Waals surface area contributed by atoms with Gasteiger partial charge in [0.2, 0.25) is 0 Å². The Morgan fingerprint density at radius 3 is 2.64 bits per heavy atom. The topological polar surface area (TPSA) is 79.1 Å². The molecule has 2 heterocycles. The summed E-state index contributed by atoms with van der Waals surface area (Å²) < 4.78 is 20.0. The largest absolute Gasteiger partial charge is 0.496 e. The summed E-state index contributed by atoms with van der Waals surface area (Å²) in [6.07, 6.45) is 3.11. The minimum atomic E-state index is -0.790. The molecule has 1 atom stereocenters. The van der Waals surface area contributed by atoms with Gasteiger partial charge in [-0.05, 0) is 73.0 Å². The minimum Gasteiger partial charge on any atom is -0.496 e. The molecule has 0 radical (unpaired) electrons. The minimum absolute atomic E-state index is 0.192. The molecule has 0 bridgehead atoms. The van der Waals surface area contributed by atoms with Crippen LogP contribution >= 0.6 is 50.5 Å². The van der Waals surface area contributed by atoms with Crippen LogP contribution in [0.15, 0.2) is 86.2 Å². The Bertz CT molecular complexity index is 1930. The van der Waals surface area contributed by atoms with Gasteiger partial charge in [-0.25, -0.2) is 9.79 Å². The van der Waals surface area contributed by atoms with Gasteiger partial charge in [0.25, 0.3) is 5.56 Å². The lowest BCUT2D eigenvalue weighted by molar-refractivity contribution is -0.139. The van der Waals surface area contributed by atoms with Crippen molar-refractivity contribution in [2.45, 2.75) is 39.3 Å². The van der Waals surface area contributed by atoms with Crippen molar-refractivity contribution in [2.75, 3.05) is 13.7 Å². The molecule has 228 valence electrons. The number of thiazole rings is 1. The zero-order valence-electron chi connectivity index (χ0n) is 24.2. The highest BCUT2D eigenvalue weighted by Crippen LogP contribution is 2.38. The van der Waals surface area contributed by atoms with Gasteiger partial charge in [0.15, 0.2) is 4.80 Å². The quantitative estimate of drug-likeness (QED) is 0.162. The van der Waals surface area contributed by atoms with E-state index in [4.69, 9.17) is 42.4 Å². The number of benzene rings is 3. The van der Waals surface area contributed by atoms with Crippen molar-refractivity contribution in [3.63, 3.8) is 0 Å². The molecule has 0 fully saturated rings. The molecule has 0 saturated heterocycles. The van der Waals surface area contributed by atoms with E-state index in [0.29, 0.717) is 60.7 Å². The highest BCUT2D eigenvalue weighted by molar-refractivity contribution is 9.10. The number of halogens is 3. The predicted molar refractivity (Wildman–Crippen MR) is 178 cm³/mol. The highest BCUT2D eigenvalue weighted by Gasteiger charge is 2.36. The van der Waals surface area contributed by atoms with E-state index in [0.717, 1.165) is 22.0 Å². The van der Waals surface area contributed by atoms with Gasteiger partial charge in [-0.15, -0.1) is 0 Å². The van der Waals surface area contributed by atoms with Gasteiger partial charge >= 0.3 is 5.97 Å². The molecule has 1 aromatic heterocycles. The summed E-state index contributed by atoms with van der Waals surface area (Å²) in [6.45, 7) is 4.27. The maximum Gasteiger partial charge on any atom is 0.338 e. The Labute approximate surface area is 277 Å². The summed E-state index contributed by atoms with van der Waals surface area (Å²) in [5.41, 5.74) is 2.96. The van der Waals surface area contributed by atoms with Crippen molar-refractivity contribution >= 4 is 62.5 Å². The van der Waals surface area contributed by atoms with Gasteiger partial charge in [-0.2, -0.15) is 0 Å². The van der Waals surface area contributed by atoms with Gasteiger partial charge < -0.3 is 14.2 Å². The Morgan fingerprint density at radius 2 is 1.91 bits per heavy atom. The maximum absolute atomic E-state index is 14.1. The van der Waals surface area contributed by atoms with Crippen LogP contribution in [0, 0.1) is 0 Å². The fourth-order valence-corrected chi connectivity index (χ4v) is 6.70. The summed E-state index contributed by atoms with van der Waals surface area (Å²) in [6, 6.07) is 17.5. The standard InChI is InChI=1S/C33H29BrCl2N2O5S/c1-4-7-26-29(32(40)42-5-2)30(23-17-21(34)11-13-27(23)41-3)38-31(39)28(44-33(38)37-26)16-19-8-6-9-22(14-19)43-18-20-10-12-24(35)25(36)15-20/h6,8-17,30H,4-5,7,18H2,1-3H3/b28-16+/t30-/m0/s1. The van der Waals surface area contributed by atoms with Crippen LogP contribution in [0.3, 0.4) is 0 Å². The fraction of sp³-hybridized carbons (Fsp3) is 0.242. The van der Waals surface area contributed by atoms with E-state index in [1.165, 1.54) is 11.3 Å². The van der Waals surface area contributed by atoms with Crippen molar-refractivity contribution in [1.82, 2.24) is 4.57 Å². The first-order chi connectivity index (χ1) is 21.2. The molecular weight excluding hydrogens is 687 g/mol. The first-order valence-electron chi connectivity index (χ1n) is 14.0. The molecule has 0 N–H and O–H groups in total. The van der Waals surface area contributed by atoms with Gasteiger partial charge in [0.05, 0.1) is 39.6 Å². The van der Waals surface area contributed by atoms with Crippen LogP contribution in [0.4, 0.5) is 0 Å². The molecule has 7 nitrogen and oxygen atoms in total. The fourth-order valence-electron chi connectivity index (χ4n) is 4.98. The van der Waals surface area contributed by atoms with Crippen molar-refractivity contribution < 1.29 is 19.0 Å². The lowest BCUT2D eigenvalue weighted by Gasteiger charge is -2.27. The average molecular weight is 716 g/mol. The Kier molecular flexibility index (Phi) is 10.3. The summed E-state index contributed by atoms with van der Waals surface area (Å²) in [5.74, 6) is 0.663. The lowest BCUT2D eigenvalue weighted by atomic mass is 9.93.